The van der Waals surface area contributed by atoms with E-state index in [0.29, 0.717) is 5.69 Å². The minimum absolute atomic E-state index is 0.0732. The molecule has 0 fully saturated rings. The van der Waals surface area contributed by atoms with E-state index in [0.717, 1.165) is 16.6 Å². The van der Waals surface area contributed by atoms with Crippen molar-refractivity contribution >= 4 is 16.7 Å². The Labute approximate surface area is 120 Å². The molecule has 0 radical (unpaired) electrons. The van der Waals surface area contributed by atoms with Gasteiger partial charge < -0.3 is 0 Å². The summed E-state index contributed by atoms with van der Waals surface area (Å²) in [6.07, 6.45) is -7.47. The minimum atomic E-state index is -4.64. The Kier molecular flexibility index (Phi) is 3.05. The summed E-state index contributed by atoms with van der Waals surface area (Å²) >= 11 is 0. The number of pyridine rings is 1. The fourth-order valence-electron chi connectivity index (χ4n) is 2.31. The van der Waals surface area contributed by atoms with Crippen LogP contribution in [0.25, 0.3) is 16.7 Å². The van der Waals surface area contributed by atoms with Crippen LogP contribution in [0.5, 0.6) is 0 Å². The van der Waals surface area contributed by atoms with Crippen LogP contribution < -0.4 is 0 Å². The first kappa shape index (κ1) is 14.6. The lowest BCUT2D eigenvalue weighted by Gasteiger charge is -2.06. The molecule has 0 saturated carbocycles. The smallest absolute Gasteiger partial charge is 0.233 e. The van der Waals surface area contributed by atoms with Crippen LogP contribution in [0.4, 0.5) is 22.0 Å². The molecule has 0 saturated heterocycles. The highest BCUT2D eigenvalue weighted by atomic mass is 19.4. The van der Waals surface area contributed by atoms with E-state index in [9.17, 15) is 22.0 Å². The number of halogens is 5. The predicted molar refractivity (Wildman–Crippen MR) is 67.7 cm³/mol. The largest absolute Gasteiger partial charge is 0.433 e. The molecule has 0 aliphatic heterocycles. The van der Waals surface area contributed by atoms with Gasteiger partial charge in [-0.25, -0.2) is 23.3 Å². The number of rotatable bonds is 1. The average molecular weight is 316 g/mol. The molecular weight excluding hydrogens is 307 g/mol. The van der Waals surface area contributed by atoms with Crippen LogP contribution in [-0.4, -0.2) is 19.6 Å². The predicted octanol–water partition coefficient (Wildman–Crippen LogP) is 3.85. The van der Waals surface area contributed by atoms with E-state index in [1.807, 2.05) is 0 Å². The third-order valence-electron chi connectivity index (χ3n) is 3.21. The number of nitrogens with zero attached hydrogens (tertiary/aromatic N) is 4. The topological polar surface area (TPSA) is 43.1 Å². The van der Waals surface area contributed by atoms with Crippen LogP contribution in [0.15, 0.2) is 12.1 Å². The zero-order valence-electron chi connectivity index (χ0n) is 11.4. The van der Waals surface area contributed by atoms with Crippen molar-refractivity contribution in [2.45, 2.75) is 26.4 Å². The van der Waals surface area contributed by atoms with Crippen molar-refractivity contribution < 1.29 is 22.0 Å². The van der Waals surface area contributed by atoms with Gasteiger partial charge >= 0.3 is 6.18 Å². The standard InChI is InChI=1S/C13H9F5N4/c1-5-3-8(13(16,17)18)20-11-9(5)12-19-6(2)4-7(10(14)15)22(12)21-11/h3-4,10H,1-2H3. The molecule has 3 heterocycles. The van der Waals surface area contributed by atoms with Gasteiger partial charge in [-0.15, -0.1) is 5.10 Å². The van der Waals surface area contributed by atoms with Crippen LogP contribution >= 0.6 is 0 Å². The highest BCUT2D eigenvalue weighted by Crippen LogP contribution is 2.32. The normalized spacial score (nSPS) is 12.7. The molecule has 116 valence electrons. The molecule has 3 aromatic heterocycles. The van der Waals surface area contributed by atoms with Gasteiger partial charge in [0.05, 0.1) is 5.39 Å². The quantitative estimate of drug-likeness (QED) is 0.640. The molecule has 9 heteroatoms. The van der Waals surface area contributed by atoms with Gasteiger partial charge in [0, 0.05) is 5.69 Å². The molecule has 3 rings (SSSR count). The molecule has 0 N–H and O–H groups in total. The SMILES string of the molecule is Cc1cc(C(F)F)n2nc3nc(C(F)(F)F)cc(C)c3c2n1. The van der Waals surface area contributed by atoms with E-state index in [1.54, 1.807) is 0 Å². The first-order valence-electron chi connectivity index (χ1n) is 6.21. The Bertz CT molecular complexity index is 882. The lowest BCUT2D eigenvalue weighted by Crippen LogP contribution is -2.08. The molecule has 0 aromatic carbocycles. The zero-order chi connectivity index (χ0) is 16.2. The number of aromatic nitrogens is 4. The Morgan fingerprint density at radius 2 is 1.77 bits per heavy atom. The fourth-order valence-corrected chi connectivity index (χ4v) is 2.31. The van der Waals surface area contributed by atoms with Gasteiger partial charge in [0.25, 0.3) is 6.43 Å². The van der Waals surface area contributed by atoms with Crippen LogP contribution in [0.3, 0.4) is 0 Å². The molecule has 3 aromatic rings. The molecule has 0 amide bonds. The van der Waals surface area contributed by atoms with E-state index in [1.165, 1.54) is 13.8 Å². The number of hydrogen-bond acceptors (Lipinski definition) is 3. The lowest BCUT2D eigenvalue weighted by atomic mass is 10.1. The van der Waals surface area contributed by atoms with Gasteiger partial charge in [-0.05, 0) is 31.5 Å². The molecule has 0 aliphatic rings. The van der Waals surface area contributed by atoms with E-state index < -0.39 is 24.0 Å². The fraction of sp³-hybridized carbons (Fsp3) is 0.308. The van der Waals surface area contributed by atoms with Crippen molar-refractivity contribution in [3.63, 3.8) is 0 Å². The van der Waals surface area contributed by atoms with Crippen molar-refractivity contribution in [3.05, 3.63) is 34.8 Å². The Morgan fingerprint density at radius 3 is 2.36 bits per heavy atom. The number of hydrogen-bond donors (Lipinski definition) is 0. The van der Waals surface area contributed by atoms with E-state index in [4.69, 9.17) is 0 Å². The molecule has 0 aliphatic carbocycles. The minimum Gasteiger partial charge on any atom is -0.233 e. The summed E-state index contributed by atoms with van der Waals surface area (Å²) in [6, 6.07) is 2.00. The average Bonchev–Trinajstić information content (AvgIpc) is 2.75. The highest BCUT2D eigenvalue weighted by Gasteiger charge is 2.34. The first-order chi connectivity index (χ1) is 10.2. The molecule has 0 spiro atoms. The third kappa shape index (κ3) is 2.16. The van der Waals surface area contributed by atoms with Gasteiger partial charge in [-0.3, -0.25) is 0 Å². The molecular formula is C13H9F5N4. The zero-order valence-corrected chi connectivity index (χ0v) is 11.4. The summed E-state index contributed by atoms with van der Waals surface area (Å²) in [4.78, 5) is 7.54. The van der Waals surface area contributed by atoms with Crippen LogP contribution in [0, 0.1) is 13.8 Å². The first-order valence-corrected chi connectivity index (χ1v) is 6.21. The van der Waals surface area contributed by atoms with E-state index >= 15 is 0 Å². The maximum atomic E-state index is 13.1. The summed E-state index contributed by atoms with van der Waals surface area (Å²) in [5, 5.41) is 4.01. The van der Waals surface area contributed by atoms with E-state index in [-0.39, 0.29) is 22.2 Å². The summed E-state index contributed by atoms with van der Waals surface area (Å²) in [5.41, 5.74) is -1.18. The molecule has 0 unspecified atom stereocenters. The van der Waals surface area contributed by atoms with Crippen LogP contribution in [0.2, 0.25) is 0 Å². The Balaban J connectivity index is 2.44. The van der Waals surface area contributed by atoms with Gasteiger partial charge in [-0.2, -0.15) is 13.2 Å². The van der Waals surface area contributed by atoms with Gasteiger partial charge in [0.15, 0.2) is 11.3 Å². The molecule has 4 nitrogen and oxygen atoms in total. The van der Waals surface area contributed by atoms with Crippen LogP contribution in [-0.2, 0) is 6.18 Å². The van der Waals surface area contributed by atoms with Gasteiger partial charge in [0.2, 0.25) is 0 Å². The Morgan fingerprint density at radius 1 is 1.09 bits per heavy atom. The van der Waals surface area contributed by atoms with Gasteiger partial charge in [-0.1, -0.05) is 0 Å². The van der Waals surface area contributed by atoms with Crippen molar-refractivity contribution in [1.29, 1.82) is 0 Å². The molecule has 0 bridgehead atoms. The lowest BCUT2D eigenvalue weighted by molar-refractivity contribution is -0.141. The number of aryl methyl sites for hydroxylation is 2. The summed E-state index contributed by atoms with van der Waals surface area (Å²) < 4.78 is 65.4. The van der Waals surface area contributed by atoms with E-state index in [2.05, 4.69) is 15.1 Å². The second-order valence-corrected chi connectivity index (χ2v) is 4.88. The van der Waals surface area contributed by atoms with Crippen molar-refractivity contribution in [1.82, 2.24) is 19.6 Å². The van der Waals surface area contributed by atoms with Crippen molar-refractivity contribution in [2.24, 2.45) is 0 Å². The summed E-state index contributed by atoms with van der Waals surface area (Å²) in [7, 11) is 0. The number of fused-ring (bicyclic) bond motifs is 3. The highest BCUT2D eigenvalue weighted by molar-refractivity contribution is 5.92. The maximum absolute atomic E-state index is 13.1. The Hall–Kier alpha value is -2.32. The number of alkyl halides is 5. The summed E-state index contributed by atoms with van der Waals surface area (Å²) in [6.45, 7) is 2.96. The summed E-state index contributed by atoms with van der Waals surface area (Å²) in [5.74, 6) is 0. The van der Waals surface area contributed by atoms with Crippen molar-refractivity contribution in [2.75, 3.05) is 0 Å². The monoisotopic (exact) mass is 316 g/mol. The molecule has 22 heavy (non-hydrogen) atoms. The molecule has 0 atom stereocenters. The second kappa shape index (κ2) is 4.59. The third-order valence-corrected chi connectivity index (χ3v) is 3.21. The van der Waals surface area contributed by atoms with Crippen molar-refractivity contribution in [3.8, 4) is 0 Å². The second-order valence-electron chi connectivity index (χ2n) is 4.88. The van der Waals surface area contributed by atoms with Gasteiger partial charge in [0.1, 0.15) is 11.4 Å². The van der Waals surface area contributed by atoms with Crippen LogP contribution in [0.1, 0.15) is 29.1 Å². The maximum Gasteiger partial charge on any atom is 0.433 e.